The highest BCUT2D eigenvalue weighted by Crippen LogP contribution is 2.38. The van der Waals surface area contributed by atoms with E-state index in [1.807, 2.05) is 67.0 Å². The Bertz CT molecular complexity index is 1430. The number of aliphatic hydroxyl groups is 1. The number of aliphatic hydroxyl groups excluding tert-OH is 1. The molecule has 9 nitrogen and oxygen atoms in total. The minimum Gasteiger partial charge on any atom is -0.453 e. The van der Waals surface area contributed by atoms with Crippen LogP contribution in [0, 0.1) is 0 Å². The molecule has 0 aliphatic carbocycles. The summed E-state index contributed by atoms with van der Waals surface area (Å²) >= 11 is 0. The third-order valence-electron chi connectivity index (χ3n) is 6.71. The third-order valence-corrected chi connectivity index (χ3v) is 6.71. The molecule has 1 aliphatic rings. The van der Waals surface area contributed by atoms with Gasteiger partial charge in [0.1, 0.15) is 0 Å². The first-order chi connectivity index (χ1) is 18.9. The van der Waals surface area contributed by atoms with Crippen molar-refractivity contribution in [2.75, 3.05) is 5.32 Å². The second-order valence-corrected chi connectivity index (χ2v) is 9.60. The Hall–Kier alpha value is -4.05. The van der Waals surface area contributed by atoms with Crippen LogP contribution in [-0.4, -0.2) is 38.7 Å². The zero-order chi connectivity index (χ0) is 27.4. The predicted octanol–water partition coefficient (Wildman–Crippen LogP) is 4.66. The van der Waals surface area contributed by atoms with Crippen molar-refractivity contribution in [2.45, 2.75) is 58.0 Å². The van der Waals surface area contributed by atoms with E-state index < -0.39 is 24.3 Å². The SMILES string of the molecule is CC(=O)O[C@@H](C)C(=O)Nc1ccc([C@H]2O[C@@H](Cn3cnc4ccccc43)C[C@@H](c3ccc(CO)cc3)O2)cc1. The van der Waals surface area contributed by atoms with Gasteiger partial charge >= 0.3 is 5.97 Å². The first kappa shape index (κ1) is 26.6. The summed E-state index contributed by atoms with van der Waals surface area (Å²) in [7, 11) is 0. The molecule has 2 heterocycles. The molecule has 1 aromatic heterocycles. The lowest BCUT2D eigenvalue weighted by Crippen LogP contribution is -2.32. The average Bonchev–Trinajstić information content (AvgIpc) is 3.35. The Kier molecular flexibility index (Phi) is 8.02. The summed E-state index contributed by atoms with van der Waals surface area (Å²) in [6.07, 6.45) is 0.561. The molecule has 1 aliphatic heterocycles. The molecule has 0 bridgehead atoms. The number of nitrogens with one attached hydrogen (secondary N) is 1. The van der Waals surface area contributed by atoms with Gasteiger partial charge in [-0.25, -0.2) is 4.98 Å². The predicted molar refractivity (Wildman–Crippen MR) is 144 cm³/mol. The zero-order valence-electron chi connectivity index (χ0n) is 21.8. The zero-order valence-corrected chi connectivity index (χ0v) is 21.8. The van der Waals surface area contributed by atoms with Crippen molar-refractivity contribution in [1.29, 1.82) is 0 Å². The maximum Gasteiger partial charge on any atom is 0.303 e. The number of ether oxygens (including phenoxy) is 3. The molecule has 5 rings (SSSR count). The minimum absolute atomic E-state index is 0.0174. The molecule has 3 aromatic carbocycles. The summed E-state index contributed by atoms with van der Waals surface area (Å²) in [6.45, 7) is 3.37. The van der Waals surface area contributed by atoms with Gasteiger partial charge in [-0.15, -0.1) is 0 Å². The van der Waals surface area contributed by atoms with Gasteiger partial charge in [-0.3, -0.25) is 9.59 Å². The molecule has 39 heavy (non-hydrogen) atoms. The third kappa shape index (κ3) is 6.34. The molecule has 1 amide bonds. The highest BCUT2D eigenvalue weighted by Gasteiger charge is 2.32. The number of hydrogen-bond donors (Lipinski definition) is 2. The number of hydrogen-bond acceptors (Lipinski definition) is 7. The van der Waals surface area contributed by atoms with E-state index in [4.69, 9.17) is 14.2 Å². The highest BCUT2D eigenvalue weighted by molar-refractivity contribution is 5.94. The molecule has 1 fully saturated rings. The van der Waals surface area contributed by atoms with E-state index in [1.165, 1.54) is 13.8 Å². The van der Waals surface area contributed by atoms with E-state index in [9.17, 15) is 14.7 Å². The van der Waals surface area contributed by atoms with E-state index in [1.54, 1.807) is 12.1 Å². The van der Waals surface area contributed by atoms with Gasteiger partial charge in [0.25, 0.3) is 5.91 Å². The van der Waals surface area contributed by atoms with Gasteiger partial charge in [-0.1, -0.05) is 48.5 Å². The van der Waals surface area contributed by atoms with Crippen LogP contribution in [0.5, 0.6) is 0 Å². The first-order valence-corrected chi connectivity index (χ1v) is 12.9. The van der Waals surface area contributed by atoms with Crippen LogP contribution in [0.4, 0.5) is 5.69 Å². The first-order valence-electron chi connectivity index (χ1n) is 12.9. The quantitative estimate of drug-likeness (QED) is 0.319. The van der Waals surface area contributed by atoms with Gasteiger partial charge in [-0.05, 0) is 42.3 Å². The van der Waals surface area contributed by atoms with Crippen LogP contribution >= 0.6 is 0 Å². The second-order valence-electron chi connectivity index (χ2n) is 9.60. The van der Waals surface area contributed by atoms with E-state index in [0.717, 1.165) is 27.7 Å². The summed E-state index contributed by atoms with van der Waals surface area (Å²) in [5.74, 6) is -0.930. The lowest BCUT2D eigenvalue weighted by atomic mass is 10.00. The molecule has 4 aromatic rings. The minimum atomic E-state index is -0.898. The van der Waals surface area contributed by atoms with Crippen molar-refractivity contribution in [2.24, 2.45) is 0 Å². The number of anilines is 1. The Morgan fingerprint density at radius 1 is 1.05 bits per heavy atom. The Morgan fingerprint density at radius 3 is 2.49 bits per heavy atom. The maximum atomic E-state index is 12.3. The van der Waals surface area contributed by atoms with Crippen molar-refractivity contribution in [1.82, 2.24) is 9.55 Å². The van der Waals surface area contributed by atoms with Gasteiger partial charge in [0.05, 0.1) is 42.7 Å². The molecule has 202 valence electrons. The number of imidazole rings is 1. The summed E-state index contributed by atoms with van der Waals surface area (Å²) in [5.41, 5.74) is 5.18. The molecule has 0 unspecified atom stereocenters. The smallest absolute Gasteiger partial charge is 0.303 e. The highest BCUT2D eigenvalue weighted by atomic mass is 16.7. The second kappa shape index (κ2) is 11.8. The van der Waals surface area contributed by atoms with Crippen LogP contribution in [0.1, 0.15) is 49.4 Å². The molecular formula is C30H31N3O6. The van der Waals surface area contributed by atoms with E-state index in [2.05, 4.69) is 14.9 Å². The molecule has 0 radical (unpaired) electrons. The van der Waals surface area contributed by atoms with Crippen LogP contribution < -0.4 is 5.32 Å². The van der Waals surface area contributed by atoms with E-state index >= 15 is 0 Å². The number of para-hydroxylation sites is 2. The Morgan fingerprint density at radius 2 is 1.77 bits per heavy atom. The standard InChI is InChI=1S/C30H31N3O6/c1-19(37-20(2)35)29(36)32-24-13-11-23(12-14-24)30-38-25(16-33-18-31-26-5-3-4-6-27(26)33)15-28(39-30)22-9-7-21(17-34)8-10-22/h3-14,18-19,25,28,30,34H,15-17H2,1-2H3,(H,32,36)/t19-,25+,28-,30-/m0/s1. The van der Waals surface area contributed by atoms with Crippen LogP contribution in [0.3, 0.4) is 0 Å². The number of benzene rings is 3. The van der Waals surface area contributed by atoms with Crippen molar-refractivity contribution in [3.63, 3.8) is 0 Å². The number of rotatable bonds is 8. The fourth-order valence-corrected chi connectivity index (χ4v) is 4.68. The lowest BCUT2D eigenvalue weighted by Gasteiger charge is -2.36. The van der Waals surface area contributed by atoms with Crippen molar-refractivity contribution >= 4 is 28.6 Å². The van der Waals surface area contributed by atoms with Crippen LogP contribution in [0.2, 0.25) is 0 Å². The summed E-state index contributed by atoms with van der Waals surface area (Å²) in [6, 6.07) is 23.0. The number of carbonyl (C=O) groups is 2. The Labute approximate surface area is 226 Å². The van der Waals surface area contributed by atoms with Crippen LogP contribution in [0.15, 0.2) is 79.1 Å². The van der Waals surface area contributed by atoms with E-state index in [0.29, 0.717) is 18.7 Å². The fourth-order valence-electron chi connectivity index (χ4n) is 4.68. The van der Waals surface area contributed by atoms with Crippen LogP contribution in [-0.2, 0) is 37.0 Å². The molecular weight excluding hydrogens is 498 g/mol. The summed E-state index contributed by atoms with van der Waals surface area (Å²) < 4.78 is 19.9. The van der Waals surface area contributed by atoms with Gasteiger partial charge in [0, 0.05) is 24.6 Å². The van der Waals surface area contributed by atoms with Gasteiger partial charge in [0.15, 0.2) is 12.4 Å². The number of carbonyl (C=O) groups excluding carboxylic acids is 2. The fraction of sp³-hybridized carbons (Fsp3) is 0.300. The maximum absolute atomic E-state index is 12.3. The normalized spacial score (nSPS) is 19.9. The number of fused-ring (bicyclic) bond motifs is 1. The molecule has 1 saturated heterocycles. The molecule has 0 saturated carbocycles. The van der Waals surface area contributed by atoms with E-state index in [-0.39, 0.29) is 18.8 Å². The topological polar surface area (TPSA) is 112 Å². The van der Waals surface area contributed by atoms with Crippen molar-refractivity contribution in [3.05, 3.63) is 95.8 Å². The van der Waals surface area contributed by atoms with Gasteiger partial charge < -0.3 is 29.2 Å². The molecule has 4 atom stereocenters. The summed E-state index contributed by atoms with van der Waals surface area (Å²) in [4.78, 5) is 28.0. The van der Waals surface area contributed by atoms with Crippen molar-refractivity contribution in [3.8, 4) is 0 Å². The monoisotopic (exact) mass is 529 g/mol. The van der Waals surface area contributed by atoms with Gasteiger partial charge in [0.2, 0.25) is 0 Å². The number of aromatic nitrogens is 2. The average molecular weight is 530 g/mol. The number of amides is 1. The molecule has 2 N–H and O–H groups in total. The summed E-state index contributed by atoms with van der Waals surface area (Å²) in [5, 5.41) is 12.2. The van der Waals surface area contributed by atoms with Crippen LogP contribution in [0.25, 0.3) is 11.0 Å². The lowest BCUT2D eigenvalue weighted by molar-refractivity contribution is -0.252. The number of nitrogens with zero attached hydrogens (tertiary/aromatic N) is 2. The Balaban J connectivity index is 1.35. The largest absolute Gasteiger partial charge is 0.453 e. The van der Waals surface area contributed by atoms with Crippen molar-refractivity contribution < 1.29 is 28.9 Å². The molecule has 9 heteroatoms. The number of esters is 1. The van der Waals surface area contributed by atoms with Gasteiger partial charge in [-0.2, -0.15) is 0 Å². The molecule has 0 spiro atoms.